The molecule has 1 saturated carbocycles. The third kappa shape index (κ3) is 5.86. The molecule has 2 rings (SSSR count). The SMILES string of the molecule is CN=C(NCc1cccc([N+](=O)[O-])c1)N(C)CCOCC1CC1. The molecule has 0 radical (unpaired) electrons. The average molecular weight is 320 g/mol. The molecule has 0 atom stereocenters. The van der Waals surface area contributed by atoms with Crippen LogP contribution in [0.1, 0.15) is 18.4 Å². The largest absolute Gasteiger partial charge is 0.379 e. The normalized spacial score (nSPS) is 14.6. The van der Waals surface area contributed by atoms with Crippen LogP contribution in [-0.2, 0) is 11.3 Å². The van der Waals surface area contributed by atoms with Crippen molar-refractivity contribution in [1.29, 1.82) is 0 Å². The smallest absolute Gasteiger partial charge is 0.269 e. The molecule has 23 heavy (non-hydrogen) atoms. The quantitative estimate of drug-likeness (QED) is 0.261. The number of likely N-dealkylation sites (N-methyl/N-ethyl adjacent to an activating group) is 1. The zero-order chi connectivity index (χ0) is 16.7. The van der Waals surface area contributed by atoms with E-state index in [9.17, 15) is 10.1 Å². The van der Waals surface area contributed by atoms with Gasteiger partial charge < -0.3 is 15.0 Å². The molecule has 7 heteroatoms. The van der Waals surface area contributed by atoms with Crippen molar-refractivity contribution >= 4 is 11.6 Å². The predicted molar refractivity (Wildman–Crippen MR) is 89.5 cm³/mol. The Bertz CT molecular complexity index is 558. The van der Waals surface area contributed by atoms with Gasteiger partial charge in [0.25, 0.3) is 5.69 Å². The van der Waals surface area contributed by atoms with Crippen LogP contribution >= 0.6 is 0 Å². The van der Waals surface area contributed by atoms with E-state index in [1.54, 1.807) is 19.2 Å². The molecule has 0 amide bonds. The van der Waals surface area contributed by atoms with E-state index < -0.39 is 0 Å². The van der Waals surface area contributed by atoms with Crippen LogP contribution in [-0.4, -0.2) is 49.6 Å². The Morgan fingerprint density at radius 1 is 1.52 bits per heavy atom. The second-order valence-corrected chi connectivity index (χ2v) is 5.77. The van der Waals surface area contributed by atoms with Crippen molar-refractivity contribution in [3.63, 3.8) is 0 Å². The fourth-order valence-corrected chi connectivity index (χ4v) is 2.19. The van der Waals surface area contributed by atoms with E-state index in [1.165, 1.54) is 18.9 Å². The van der Waals surface area contributed by atoms with Crippen LogP contribution in [0, 0.1) is 16.0 Å². The fraction of sp³-hybridized carbons (Fsp3) is 0.562. The van der Waals surface area contributed by atoms with Crippen LogP contribution in [0.5, 0.6) is 0 Å². The third-order valence-electron chi connectivity index (χ3n) is 3.77. The Balaban J connectivity index is 1.76. The monoisotopic (exact) mass is 320 g/mol. The number of nitrogens with one attached hydrogen (secondary N) is 1. The summed E-state index contributed by atoms with van der Waals surface area (Å²) < 4.78 is 5.63. The molecule has 126 valence electrons. The van der Waals surface area contributed by atoms with Crippen LogP contribution in [0.15, 0.2) is 29.3 Å². The average Bonchev–Trinajstić information content (AvgIpc) is 3.36. The van der Waals surface area contributed by atoms with Gasteiger partial charge in [0.1, 0.15) is 0 Å². The second kappa shape index (κ2) is 8.47. The lowest BCUT2D eigenvalue weighted by molar-refractivity contribution is -0.384. The van der Waals surface area contributed by atoms with E-state index in [4.69, 9.17) is 4.74 Å². The minimum absolute atomic E-state index is 0.0983. The molecule has 1 aromatic carbocycles. The summed E-state index contributed by atoms with van der Waals surface area (Å²) in [5.41, 5.74) is 0.944. The van der Waals surface area contributed by atoms with Crippen molar-refractivity contribution in [3.8, 4) is 0 Å². The van der Waals surface area contributed by atoms with Crippen LogP contribution in [0.25, 0.3) is 0 Å². The molecule has 0 spiro atoms. The van der Waals surface area contributed by atoms with Gasteiger partial charge in [0.2, 0.25) is 0 Å². The lowest BCUT2D eigenvalue weighted by Gasteiger charge is -2.22. The molecular weight excluding hydrogens is 296 g/mol. The predicted octanol–water partition coefficient (Wildman–Crippen LogP) is 2.03. The number of nitro benzene ring substituents is 1. The van der Waals surface area contributed by atoms with Gasteiger partial charge in [-0.1, -0.05) is 12.1 Å². The summed E-state index contributed by atoms with van der Waals surface area (Å²) in [5.74, 6) is 1.51. The Labute approximate surface area is 136 Å². The Morgan fingerprint density at radius 2 is 2.30 bits per heavy atom. The molecular formula is C16H24N4O3. The molecule has 0 heterocycles. The summed E-state index contributed by atoms with van der Waals surface area (Å²) in [7, 11) is 3.67. The van der Waals surface area contributed by atoms with Crippen molar-refractivity contribution in [1.82, 2.24) is 10.2 Å². The molecule has 1 aliphatic rings. The van der Waals surface area contributed by atoms with Crippen molar-refractivity contribution < 1.29 is 9.66 Å². The zero-order valence-electron chi connectivity index (χ0n) is 13.7. The number of nitro groups is 1. The molecule has 0 unspecified atom stereocenters. The van der Waals surface area contributed by atoms with Gasteiger partial charge in [-0.15, -0.1) is 0 Å². The van der Waals surface area contributed by atoms with E-state index in [1.807, 2.05) is 18.0 Å². The highest BCUT2D eigenvalue weighted by Crippen LogP contribution is 2.28. The second-order valence-electron chi connectivity index (χ2n) is 5.77. The topological polar surface area (TPSA) is 80.0 Å². The first kappa shape index (κ1) is 17.2. The highest BCUT2D eigenvalue weighted by molar-refractivity contribution is 5.79. The molecule has 7 nitrogen and oxygen atoms in total. The zero-order valence-corrected chi connectivity index (χ0v) is 13.7. The molecule has 1 N–H and O–H groups in total. The Hall–Kier alpha value is -2.15. The van der Waals surface area contributed by atoms with E-state index in [0.29, 0.717) is 13.2 Å². The van der Waals surface area contributed by atoms with Crippen LogP contribution in [0.2, 0.25) is 0 Å². The lowest BCUT2D eigenvalue weighted by atomic mass is 10.2. The first-order valence-electron chi connectivity index (χ1n) is 7.83. The van der Waals surface area contributed by atoms with E-state index >= 15 is 0 Å². The molecule has 1 aromatic rings. The van der Waals surface area contributed by atoms with Gasteiger partial charge in [-0.2, -0.15) is 0 Å². The van der Waals surface area contributed by atoms with Crippen LogP contribution in [0.4, 0.5) is 5.69 Å². The number of nitrogens with zero attached hydrogens (tertiary/aromatic N) is 3. The van der Waals surface area contributed by atoms with Crippen LogP contribution in [0.3, 0.4) is 0 Å². The van der Waals surface area contributed by atoms with Gasteiger partial charge in [-0.05, 0) is 24.3 Å². The van der Waals surface area contributed by atoms with Gasteiger partial charge in [-0.3, -0.25) is 15.1 Å². The third-order valence-corrected chi connectivity index (χ3v) is 3.77. The number of benzene rings is 1. The minimum atomic E-state index is -0.387. The molecule has 0 aromatic heterocycles. The number of ether oxygens (including phenoxy) is 1. The van der Waals surface area contributed by atoms with Gasteiger partial charge in [-0.25, -0.2) is 0 Å². The summed E-state index contributed by atoms with van der Waals surface area (Å²) in [6, 6.07) is 6.60. The Morgan fingerprint density at radius 3 is 2.96 bits per heavy atom. The van der Waals surface area contributed by atoms with Crippen molar-refractivity contribution in [2.75, 3.05) is 33.9 Å². The summed E-state index contributed by atoms with van der Waals surface area (Å²) in [6.07, 6.45) is 2.59. The highest BCUT2D eigenvalue weighted by atomic mass is 16.6. The highest BCUT2D eigenvalue weighted by Gasteiger charge is 2.21. The number of hydrogen-bond donors (Lipinski definition) is 1. The van der Waals surface area contributed by atoms with Crippen molar-refractivity contribution in [3.05, 3.63) is 39.9 Å². The van der Waals surface area contributed by atoms with E-state index in [0.717, 1.165) is 30.6 Å². The molecule has 1 fully saturated rings. The Kier molecular flexibility index (Phi) is 6.34. The molecule has 0 saturated heterocycles. The molecule has 0 aliphatic heterocycles. The summed E-state index contributed by atoms with van der Waals surface area (Å²) in [4.78, 5) is 16.6. The van der Waals surface area contributed by atoms with E-state index in [-0.39, 0.29) is 10.6 Å². The summed E-state index contributed by atoms with van der Waals surface area (Å²) in [6.45, 7) is 2.76. The van der Waals surface area contributed by atoms with Crippen LogP contribution < -0.4 is 5.32 Å². The number of aliphatic imine (C=N–C) groups is 1. The first-order valence-corrected chi connectivity index (χ1v) is 7.83. The van der Waals surface area contributed by atoms with Gasteiger partial charge in [0.05, 0.1) is 11.5 Å². The number of rotatable bonds is 8. The minimum Gasteiger partial charge on any atom is -0.379 e. The standard InChI is InChI=1S/C16H24N4O3/c1-17-16(19(2)8-9-23-12-13-6-7-13)18-11-14-4-3-5-15(10-14)20(21)22/h3-5,10,13H,6-9,11-12H2,1-2H3,(H,17,18). The van der Waals surface area contributed by atoms with Gasteiger partial charge >= 0.3 is 0 Å². The maximum absolute atomic E-state index is 10.8. The summed E-state index contributed by atoms with van der Waals surface area (Å²) in [5, 5.41) is 14.0. The number of hydrogen-bond acceptors (Lipinski definition) is 4. The number of non-ortho nitro benzene ring substituents is 1. The lowest BCUT2D eigenvalue weighted by Crippen LogP contribution is -2.40. The first-order chi connectivity index (χ1) is 11.1. The molecule has 1 aliphatic carbocycles. The molecule has 0 bridgehead atoms. The number of guanidine groups is 1. The van der Waals surface area contributed by atoms with Gasteiger partial charge in [0.15, 0.2) is 5.96 Å². The van der Waals surface area contributed by atoms with Gasteiger partial charge in [0, 0.05) is 45.9 Å². The maximum atomic E-state index is 10.8. The van der Waals surface area contributed by atoms with Crippen molar-refractivity contribution in [2.24, 2.45) is 10.9 Å². The fourth-order valence-electron chi connectivity index (χ4n) is 2.19. The maximum Gasteiger partial charge on any atom is 0.269 e. The van der Waals surface area contributed by atoms with E-state index in [2.05, 4.69) is 10.3 Å². The summed E-state index contributed by atoms with van der Waals surface area (Å²) >= 11 is 0. The van der Waals surface area contributed by atoms with Crippen molar-refractivity contribution in [2.45, 2.75) is 19.4 Å².